The van der Waals surface area contributed by atoms with E-state index in [1.807, 2.05) is 18.2 Å². The van der Waals surface area contributed by atoms with Crippen LogP contribution in [0.15, 0.2) is 47.4 Å². The number of pyridine rings is 1. The monoisotopic (exact) mass is 340 g/mol. The maximum atomic E-state index is 11.4. The number of H-pyrrole nitrogens is 1. The number of aromatic nitrogens is 1. The van der Waals surface area contributed by atoms with Crippen molar-refractivity contribution in [3.8, 4) is 0 Å². The maximum absolute atomic E-state index is 11.4. The van der Waals surface area contributed by atoms with E-state index in [4.69, 9.17) is 5.73 Å². The third-order valence-corrected chi connectivity index (χ3v) is 4.60. The van der Waals surface area contributed by atoms with E-state index in [2.05, 4.69) is 27.3 Å². The number of carbonyl (C=O) groups is 1. The number of benzene rings is 1. The quantitative estimate of drug-likeness (QED) is 0.746. The summed E-state index contributed by atoms with van der Waals surface area (Å²) in [5, 5.41) is 3.31. The maximum Gasteiger partial charge on any atom is 0.248 e. The molecule has 1 atom stereocenters. The van der Waals surface area contributed by atoms with Gasteiger partial charge in [0.25, 0.3) is 0 Å². The summed E-state index contributed by atoms with van der Waals surface area (Å²) in [5.74, 6) is -0.215. The number of rotatable bonds is 6. The number of carbonyl (C=O) groups excluding carboxylic acids is 1. The van der Waals surface area contributed by atoms with Gasteiger partial charge in [-0.25, -0.2) is 0 Å². The molecule has 1 amide bonds. The zero-order chi connectivity index (χ0) is 17.6. The highest BCUT2D eigenvalue weighted by Crippen LogP contribution is 2.19. The van der Waals surface area contributed by atoms with Crippen molar-refractivity contribution in [3.05, 3.63) is 64.1 Å². The van der Waals surface area contributed by atoms with E-state index in [1.54, 1.807) is 12.3 Å². The van der Waals surface area contributed by atoms with Gasteiger partial charge in [-0.05, 0) is 48.7 Å². The molecular weight excluding hydrogens is 316 g/mol. The topological polar surface area (TPSA) is 91.2 Å². The first-order valence-electron chi connectivity index (χ1n) is 8.62. The molecule has 0 aliphatic carbocycles. The van der Waals surface area contributed by atoms with Crippen molar-refractivity contribution >= 4 is 11.6 Å². The number of primary amides is 1. The Bertz CT molecular complexity index is 769. The Morgan fingerprint density at radius 2 is 2.04 bits per heavy atom. The molecule has 1 aliphatic heterocycles. The summed E-state index contributed by atoms with van der Waals surface area (Å²) in [6.07, 6.45) is 3.57. The van der Waals surface area contributed by atoms with Crippen molar-refractivity contribution in [3.63, 3.8) is 0 Å². The Kier molecular flexibility index (Phi) is 5.50. The molecule has 0 radical (unpaired) electrons. The van der Waals surface area contributed by atoms with Crippen LogP contribution in [0.25, 0.3) is 0 Å². The third kappa shape index (κ3) is 4.93. The zero-order valence-electron chi connectivity index (χ0n) is 14.2. The van der Waals surface area contributed by atoms with Crippen LogP contribution in [-0.4, -0.2) is 28.9 Å². The molecule has 1 unspecified atom stereocenters. The number of anilines is 1. The Morgan fingerprint density at radius 3 is 2.76 bits per heavy atom. The lowest BCUT2D eigenvalue weighted by atomic mass is 9.97. The van der Waals surface area contributed by atoms with Gasteiger partial charge in [-0.2, -0.15) is 0 Å². The second kappa shape index (κ2) is 7.98. The highest BCUT2D eigenvalue weighted by atomic mass is 16.1. The van der Waals surface area contributed by atoms with Crippen LogP contribution in [0.1, 0.15) is 24.0 Å². The standard InChI is InChI=1S/C19H24N4O2/c20-19(25)16-2-1-9-23(13-16)12-14-3-5-17(6-4-14)22-11-15-7-8-21-18(24)10-15/h3-8,10,16,22H,1-2,9,11-13H2,(H2,20,25)(H,21,24). The van der Waals surface area contributed by atoms with Crippen LogP contribution in [0.5, 0.6) is 0 Å². The smallest absolute Gasteiger partial charge is 0.248 e. The molecule has 1 aromatic carbocycles. The summed E-state index contributed by atoms with van der Waals surface area (Å²) in [4.78, 5) is 27.6. The van der Waals surface area contributed by atoms with Crippen LogP contribution in [0.2, 0.25) is 0 Å². The lowest BCUT2D eigenvalue weighted by Crippen LogP contribution is -2.40. The summed E-state index contributed by atoms with van der Waals surface area (Å²) < 4.78 is 0. The van der Waals surface area contributed by atoms with E-state index >= 15 is 0 Å². The van der Waals surface area contributed by atoms with Crippen molar-refractivity contribution in [2.24, 2.45) is 11.7 Å². The van der Waals surface area contributed by atoms with E-state index in [-0.39, 0.29) is 17.4 Å². The molecule has 3 rings (SSSR count). The second-order valence-electron chi connectivity index (χ2n) is 6.59. The fourth-order valence-electron chi connectivity index (χ4n) is 3.22. The fraction of sp³-hybridized carbons (Fsp3) is 0.368. The normalized spacial score (nSPS) is 18.0. The Labute approximate surface area is 147 Å². The first-order valence-corrected chi connectivity index (χ1v) is 8.62. The Morgan fingerprint density at radius 1 is 1.24 bits per heavy atom. The summed E-state index contributed by atoms with van der Waals surface area (Å²) in [6.45, 7) is 3.19. The minimum Gasteiger partial charge on any atom is -0.381 e. The van der Waals surface area contributed by atoms with Crippen molar-refractivity contribution in [1.29, 1.82) is 0 Å². The average molecular weight is 340 g/mol. The van der Waals surface area contributed by atoms with E-state index in [0.29, 0.717) is 6.54 Å². The molecular formula is C19H24N4O2. The van der Waals surface area contributed by atoms with Crippen LogP contribution in [-0.2, 0) is 17.9 Å². The molecule has 1 saturated heterocycles. The third-order valence-electron chi connectivity index (χ3n) is 4.60. The fourth-order valence-corrected chi connectivity index (χ4v) is 3.22. The molecule has 1 aromatic heterocycles. The number of piperidine rings is 1. The molecule has 4 N–H and O–H groups in total. The molecule has 132 valence electrons. The predicted octanol–water partition coefficient (Wildman–Crippen LogP) is 1.68. The average Bonchev–Trinajstić information content (AvgIpc) is 2.61. The highest BCUT2D eigenvalue weighted by molar-refractivity contribution is 5.76. The van der Waals surface area contributed by atoms with E-state index < -0.39 is 0 Å². The molecule has 0 bridgehead atoms. The molecule has 6 nitrogen and oxygen atoms in total. The molecule has 2 heterocycles. The predicted molar refractivity (Wildman–Crippen MR) is 98.0 cm³/mol. The molecule has 1 fully saturated rings. The number of likely N-dealkylation sites (tertiary alicyclic amines) is 1. The minimum absolute atomic E-state index is 0.0243. The molecule has 0 saturated carbocycles. The van der Waals surface area contributed by atoms with E-state index in [0.717, 1.165) is 43.7 Å². The number of nitrogens with one attached hydrogen (secondary N) is 2. The molecule has 0 spiro atoms. The number of nitrogens with zero attached hydrogens (tertiary/aromatic N) is 1. The zero-order valence-corrected chi connectivity index (χ0v) is 14.2. The highest BCUT2D eigenvalue weighted by Gasteiger charge is 2.23. The van der Waals surface area contributed by atoms with E-state index in [9.17, 15) is 9.59 Å². The van der Waals surface area contributed by atoms with Gasteiger partial charge in [0.2, 0.25) is 11.5 Å². The van der Waals surface area contributed by atoms with Crippen LogP contribution in [0.4, 0.5) is 5.69 Å². The van der Waals surface area contributed by atoms with Gasteiger partial charge in [0.15, 0.2) is 0 Å². The van der Waals surface area contributed by atoms with Crippen molar-refractivity contribution in [1.82, 2.24) is 9.88 Å². The van der Waals surface area contributed by atoms with Gasteiger partial charge in [0.05, 0.1) is 5.92 Å². The van der Waals surface area contributed by atoms with E-state index in [1.165, 1.54) is 5.56 Å². The van der Waals surface area contributed by atoms with Crippen LogP contribution in [0, 0.1) is 5.92 Å². The van der Waals surface area contributed by atoms with Gasteiger partial charge in [0, 0.05) is 37.6 Å². The summed E-state index contributed by atoms with van der Waals surface area (Å²) in [5.41, 5.74) is 8.52. The number of amides is 1. The molecule has 2 aromatic rings. The Hall–Kier alpha value is -2.60. The largest absolute Gasteiger partial charge is 0.381 e. The summed E-state index contributed by atoms with van der Waals surface area (Å²) >= 11 is 0. The lowest BCUT2D eigenvalue weighted by Gasteiger charge is -2.31. The molecule has 1 aliphatic rings. The van der Waals surface area contributed by atoms with Crippen LogP contribution < -0.4 is 16.6 Å². The van der Waals surface area contributed by atoms with Gasteiger partial charge in [-0.3, -0.25) is 14.5 Å². The first-order chi connectivity index (χ1) is 12.1. The Balaban J connectivity index is 1.53. The van der Waals surface area contributed by atoms with Crippen LogP contribution >= 0.6 is 0 Å². The van der Waals surface area contributed by atoms with Gasteiger partial charge in [-0.1, -0.05) is 12.1 Å². The first kappa shape index (κ1) is 17.2. The number of hydrogen-bond donors (Lipinski definition) is 3. The van der Waals surface area contributed by atoms with Gasteiger partial charge in [-0.15, -0.1) is 0 Å². The van der Waals surface area contributed by atoms with Crippen molar-refractivity contribution in [2.45, 2.75) is 25.9 Å². The SMILES string of the molecule is NC(=O)C1CCCN(Cc2ccc(NCc3cc[nH]c(=O)c3)cc2)C1. The minimum atomic E-state index is -0.191. The van der Waals surface area contributed by atoms with Crippen molar-refractivity contribution in [2.75, 3.05) is 18.4 Å². The van der Waals surface area contributed by atoms with Crippen LogP contribution in [0.3, 0.4) is 0 Å². The van der Waals surface area contributed by atoms with Gasteiger partial charge in [0.1, 0.15) is 0 Å². The number of hydrogen-bond acceptors (Lipinski definition) is 4. The lowest BCUT2D eigenvalue weighted by molar-refractivity contribution is -0.123. The molecule has 6 heteroatoms. The van der Waals surface area contributed by atoms with Gasteiger partial charge < -0.3 is 16.0 Å². The van der Waals surface area contributed by atoms with Crippen molar-refractivity contribution < 1.29 is 4.79 Å². The number of nitrogens with two attached hydrogens (primary N) is 1. The molecule has 25 heavy (non-hydrogen) atoms. The summed E-state index contributed by atoms with van der Waals surface area (Å²) in [6, 6.07) is 11.7. The van der Waals surface area contributed by atoms with Gasteiger partial charge >= 0.3 is 0 Å². The number of aromatic amines is 1. The second-order valence-corrected chi connectivity index (χ2v) is 6.59. The summed E-state index contributed by atoms with van der Waals surface area (Å²) in [7, 11) is 0.